The highest BCUT2D eigenvalue weighted by Crippen LogP contribution is 2.30. The maximum atomic E-state index is 12.8. The van der Waals surface area contributed by atoms with Crippen molar-refractivity contribution in [3.8, 4) is 5.75 Å². The summed E-state index contributed by atoms with van der Waals surface area (Å²) in [5, 5.41) is 2.92. The second kappa shape index (κ2) is 11.8. The average molecular weight is 512 g/mol. The standard InChI is InChI=1S/C28H28F3N3O3/c1-34(2)23-9-6-20(7-10-23)8-13-27-33-25-12-11-24(19-26(25)37-27)36-17-16-35-15-14-32-22-5-3-4-21(18-22)28(29,30)31/h3-13,18-19,32H,14-17H2,1-2H3/b13-8+. The molecule has 4 rings (SSSR count). The monoisotopic (exact) mass is 511 g/mol. The van der Waals surface area contributed by atoms with E-state index in [1.807, 2.05) is 67.5 Å². The molecule has 1 aromatic heterocycles. The summed E-state index contributed by atoms with van der Waals surface area (Å²) in [5.41, 5.74) is 3.23. The smallest absolute Gasteiger partial charge is 0.416 e. The molecule has 0 spiro atoms. The number of ether oxygens (including phenoxy) is 2. The van der Waals surface area contributed by atoms with E-state index < -0.39 is 11.7 Å². The van der Waals surface area contributed by atoms with Crippen LogP contribution in [0.4, 0.5) is 24.5 Å². The molecule has 1 heterocycles. The zero-order valence-electron chi connectivity index (χ0n) is 20.6. The van der Waals surface area contributed by atoms with Gasteiger partial charge in [-0.2, -0.15) is 13.2 Å². The van der Waals surface area contributed by atoms with Crippen molar-refractivity contribution >= 4 is 34.6 Å². The van der Waals surface area contributed by atoms with Crippen LogP contribution >= 0.6 is 0 Å². The van der Waals surface area contributed by atoms with Crippen molar-refractivity contribution in [2.75, 3.05) is 50.7 Å². The van der Waals surface area contributed by atoms with Gasteiger partial charge in [-0.25, -0.2) is 4.98 Å². The summed E-state index contributed by atoms with van der Waals surface area (Å²) >= 11 is 0. The predicted molar refractivity (Wildman–Crippen MR) is 140 cm³/mol. The Balaban J connectivity index is 1.20. The number of nitrogens with one attached hydrogen (secondary N) is 1. The van der Waals surface area contributed by atoms with Crippen molar-refractivity contribution in [3.63, 3.8) is 0 Å². The molecule has 0 aliphatic heterocycles. The first-order valence-electron chi connectivity index (χ1n) is 11.8. The fraction of sp³-hybridized carbons (Fsp3) is 0.250. The van der Waals surface area contributed by atoms with Gasteiger partial charge in [0, 0.05) is 44.2 Å². The number of rotatable bonds is 11. The number of fused-ring (bicyclic) bond motifs is 1. The molecule has 1 N–H and O–H groups in total. The molecule has 3 aromatic carbocycles. The van der Waals surface area contributed by atoms with Gasteiger partial charge in [-0.15, -0.1) is 0 Å². The largest absolute Gasteiger partial charge is 0.491 e. The number of hydrogen-bond donors (Lipinski definition) is 1. The number of benzene rings is 3. The van der Waals surface area contributed by atoms with E-state index in [1.165, 1.54) is 6.07 Å². The lowest BCUT2D eigenvalue weighted by Crippen LogP contribution is -2.14. The van der Waals surface area contributed by atoms with Gasteiger partial charge in [0.05, 0.1) is 18.8 Å². The summed E-state index contributed by atoms with van der Waals surface area (Å²) in [6.07, 6.45) is -0.593. The van der Waals surface area contributed by atoms with Crippen molar-refractivity contribution in [3.05, 3.63) is 83.7 Å². The van der Waals surface area contributed by atoms with Gasteiger partial charge in [-0.1, -0.05) is 18.2 Å². The van der Waals surface area contributed by atoms with Crippen LogP contribution in [0, 0.1) is 0 Å². The Morgan fingerprint density at radius 3 is 2.51 bits per heavy atom. The molecule has 194 valence electrons. The number of aromatic nitrogens is 1. The van der Waals surface area contributed by atoms with Crippen LogP contribution in [0.3, 0.4) is 0 Å². The van der Waals surface area contributed by atoms with Gasteiger partial charge >= 0.3 is 6.18 Å². The second-order valence-corrected chi connectivity index (χ2v) is 8.47. The highest BCUT2D eigenvalue weighted by Gasteiger charge is 2.30. The third-order valence-electron chi connectivity index (χ3n) is 5.47. The Morgan fingerprint density at radius 2 is 1.76 bits per heavy atom. The first-order chi connectivity index (χ1) is 17.8. The van der Waals surface area contributed by atoms with Gasteiger partial charge in [0.2, 0.25) is 5.89 Å². The molecule has 0 atom stereocenters. The molecule has 0 aliphatic rings. The maximum absolute atomic E-state index is 12.8. The fourth-order valence-corrected chi connectivity index (χ4v) is 3.53. The van der Waals surface area contributed by atoms with Crippen LogP contribution in [0.2, 0.25) is 0 Å². The number of halogens is 3. The average Bonchev–Trinajstić information content (AvgIpc) is 3.29. The summed E-state index contributed by atoms with van der Waals surface area (Å²) < 4.78 is 55.4. The van der Waals surface area contributed by atoms with E-state index >= 15 is 0 Å². The van der Waals surface area contributed by atoms with Crippen LogP contribution < -0.4 is 15.0 Å². The number of oxazole rings is 1. The zero-order valence-corrected chi connectivity index (χ0v) is 20.6. The summed E-state index contributed by atoms with van der Waals surface area (Å²) in [4.78, 5) is 6.52. The van der Waals surface area contributed by atoms with E-state index in [-0.39, 0.29) is 0 Å². The summed E-state index contributed by atoms with van der Waals surface area (Å²) in [6.45, 7) is 1.36. The maximum Gasteiger partial charge on any atom is 0.416 e. The summed E-state index contributed by atoms with van der Waals surface area (Å²) in [5.74, 6) is 1.13. The molecule has 0 fully saturated rings. The fourth-order valence-electron chi connectivity index (χ4n) is 3.53. The molecular formula is C28H28F3N3O3. The number of alkyl halides is 3. The van der Waals surface area contributed by atoms with Crippen molar-refractivity contribution in [1.29, 1.82) is 0 Å². The van der Waals surface area contributed by atoms with Crippen molar-refractivity contribution in [2.24, 2.45) is 0 Å². The molecular weight excluding hydrogens is 483 g/mol. The highest BCUT2D eigenvalue weighted by atomic mass is 19.4. The van der Waals surface area contributed by atoms with Crippen LogP contribution in [0.25, 0.3) is 23.3 Å². The van der Waals surface area contributed by atoms with Gasteiger partial charge < -0.3 is 24.1 Å². The Bertz CT molecular complexity index is 1330. The molecule has 0 saturated heterocycles. The Morgan fingerprint density at radius 1 is 0.946 bits per heavy atom. The summed E-state index contributed by atoms with van der Waals surface area (Å²) in [7, 11) is 4.00. The third-order valence-corrected chi connectivity index (χ3v) is 5.47. The van der Waals surface area contributed by atoms with Crippen LogP contribution in [-0.2, 0) is 10.9 Å². The van der Waals surface area contributed by atoms with Crippen LogP contribution in [0.15, 0.2) is 71.1 Å². The lowest BCUT2D eigenvalue weighted by atomic mass is 10.2. The minimum atomic E-state index is -4.36. The molecule has 0 unspecified atom stereocenters. The molecule has 0 aliphatic carbocycles. The van der Waals surface area contributed by atoms with Crippen molar-refractivity contribution in [1.82, 2.24) is 4.98 Å². The van der Waals surface area contributed by atoms with Gasteiger partial charge in [-0.3, -0.25) is 0 Å². The Kier molecular flexibility index (Phi) is 8.35. The van der Waals surface area contributed by atoms with E-state index in [4.69, 9.17) is 13.9 Å². The molecule has 0 radical (unpaired) electrons. The highest BCUT2D eigenvalue weighted by molar-refractivity contribution is 5.77. The molecule has 0 saturated carbocycles. The Labute approximate surface area is 213 Å². The lowest BCUT2D eigenvalue weighted by molar-refractivity contribution is -0.137. The van der Waals surface area contributed by atoms with Crippen LogP contribution in [0.1, 0.15) is 17.0 Å². The zero-order chi connectivity index (χ0) is 26.3. The van der Waals surface area contributed by atoms with Gasteiger partial charge in [0.1, 0.15) is 17.9 Å². The number of hydrogen-bond acceptors (Lipinski definition) is 6. The molecule has 6 nitrogen and oxygen atoms in total. The number of anilines is 2. The van der Waals surface area contributed by atoms with E-state index in [1.54, 1.807) is 12.1 Å². The third kappa shape index (κ3) is 7.50. The van der Waals surface area contributed by atoms with Gasteiger partial charge in [0.15, 0.2) is 5.58 Å². The van der Waals surface area contributed by atoms with E-state index in [9.17, 15) is 13.2 Å². The predicted octanol–water partition coefficient (Wildman–Crippen LogP) is 6.59. The Hall–Kier alpha value is -3.98. The van der Waals surface area contributed by atoms with Crippen molar-refractivity contribution in [2.45, 2.75) is 6.18 Å². The lowest BCUT2D eigenvalue weighted by Gasteiger charge is -2.11. The first-order valence-corrected chi connectivity index (χ1v) is 11.8. The molecule has 9 heteroatoms. The van der Waals surface area contributed by atoms with Crippen molar-refractivity contribution < 1.29 is 27.1 Å². The normalized spacial score (nSPS) is 11.8. The number of nitrogens with zero attached hydrogens (tertiary/aromatic N) is 2. The van der Waals surface area contributed by atoms with E-state index in [2.05, 4.69) is 10.3 Å². The minimum absolute atomic E-state index is 0.318. The van der Waals surface area contributed by atoms with Gasteiger partial charge in [-0.05, 0) is 54.1 Å². The van der Waals surface area contributed by atoms with Crippen LogP contribution in [-0.4, -0.2) is 45.4 Å². The minimum Gasteiger partial charge on any atom is -0.491 e. The molecule has 0 amide bonds. The van der Waals surface area contributed by atoms with Gasteiger partial charge in [0.25, 0.3) is 0 Å². The summed E-state index contributed by atoms with van der Waals surface area (Å²) in [6, 6.07) is 18.7. The van der Waals surface area contributed by atoms with Crippen LogP contribution in [0.5, 0.6) is 5.75 Å². The molecule has 4 aromatic rings. The van der Waals surface area contributed by atoms with E-state index in [0.29, 0.717) is 49.3 Å². The molecule has 0 bridgehead atoms. The second-order valence-electron chi connectivity index (χ2n) is 8.47. The first kappa shape index (κ1) is 26.1. The van der Waals surface area contributed by atoms with E-state index in [0.717, 1.165) is 28.9 Å². The topological polar surface area (TPSA) is 59.8 Å². The quantitative estimate of drug-likeness (QED) is 0.229. The molecule has 37 heavy (non-hydrogen) atoms. The SMILES string of the molecule is CN(C)c1ccc(/C=C/c2nc3ccc(OCCOCCNc4cccc(C(F)(F)F)c4)cc3o2)cc1.